The van der Waals surface area contributed by atoms with E-state index in [9.17, 15) is 9.18 Å². The molecule has 0 unspecified atom stereocenters. The van der Waals surface area contributed by atoms with Crippen molar-refractivity contribution in [2.45, 2.75) is 19.4 Å². The smallest absolute Gasteiger partial charge is 0.253 e. The van der Waals surface area contributed by atoms with Crippen LogP contribution < -0.4 is 10.1 Å². The maximum atomic E-state index is 13.6. The Labute approximate surface area is 146 Å². The normalized spacial score (nSPS) is 11.7. The summed E-state index contributed by atoms with van der Waals surface area (Å²) in [5.41, 5.74) is -0.473. The van der Waals surface area contributed by atoms with Crippen LogP contribution in [0.4, 0.5) is 9.52 Å². The van der Waals surface area contributed by atoms with Gasteiger partial charge in [-0.1, -0.05) is 22.9 Å². The number of carbonyl (C=O) groups excluding carboxylic acids is 1. The van der Waals surface area contributed by atoms with Gasteiger partial charge in [0.1, 0.15) is 22.6 Å². The number of nitrogens with one attached hydrogen (secondary N) is 1. The molecule has 1 amide bonds. The standard InChI is InChI=1S/C15H14ClFN4O2S/c1-15(2,21-7-8(16)6-18-21)13(22)20-14-19-12-10(23-3)4-9(17)5-11(12)24-14/h4-7H,1-3H3,(H,19,20,22). The highest BCUT2D eigenvalue weighted by Crippen LogP contribution is 2.34. The lowest BCUT2D eigenvalue weighted by atomic mass is 10.1. The lowest BCUT2D eigenvalue weighted by molar-refractivity contribution is -0.123. The Kier molecular flexibility index (Phi) is 4.18. The average Bonchev–Trinajstić information content (AvgIpc) is 3.12. The molecule has 0 aliphatic heterocycles. The molecule has 0 radical (unpaired) electrons. The number of amides is 1. The van der Waals surface area contributed by atoms with Crippen LogP contribution in [0.2, 0.25) is 5.02 Å². The van der Waals surface area contributed by atoms with Gasteiger partial charge in [-0.3, -0.25) is 14.8 Å². The van der Waals surface area contributed by atoms with Gasteiger partial charge in [-0.25, -0.2) is 9.37 Å². The molecule has 3 rings (SSSR count). The minimum atomic E-state index is -0.972. The Morgan fingerprint density at radius 3 is 2.83 bits per heavy atom. The SMILES string of the molecule is COc1cc(F)cc2sc(NC(=O)C(C)(C)n3cc(Cl)cn3)nc12. The molecule has 9 heteroatoms. The second kappa shape index (κ2) is 6.03. The number of nitrogens with zero attached hydrogens (tertiary/aromatic N) is 3. The number of hydrogen-bond donors (Lipinski definition) is 1. The van der Waals surface area contributed by atoms with Gasteiger partial charge < -0.3 is 4.74 Å². The average molecular weight is 369 g/mol. The first-order valence-corrected chi connectivity index (χ1v) is 8.17. The van der Waals surface area contributed by atoms with Crippen LogP contribution in [0, 0.1) is 5.82 Å². The summed E-state index contributed by atoms with van der Waals surface area (Å²) in [4.78, 5) is 16.9. The van der Waals surface area contributed by atoms with E-state index in [0.29, 0.717) is 26.1 Å². The fraction of sp³-hybridized carbons (Fsp3) is 0.267. The van der Waals surface area contributed by atoms with Gasteiger partial charge in [0.25, 0.3) is 5.91 Å². The Hall–Kier alpha value is -2.19. The molecule has 3 aromatic rings. The molecule has 0 saturated carbocycles. The molecule has 0 saturated heterocycles. The third-order valence-corrected chi connectivity index (χ3v) is 4.66. The lowest BCUT2D eigenvalue weighted by Gasteiger charge is -2.23. The van der Waals surface area contributed by atoms with Crippen LogP contribution in [0.1, 0.15) is 13.8 Å². The number of aromatic nitrogens is 3. The van der Waals surface area contributed by atoms with Gasteiger partial charge >= 0.3 is 0 Å². The van der Waals surface area contributed by atoms with E-state index in [1.807, 2.05) is 0 Å². The predicted octanol–water partition coefficient (Wildman–Crippen LogP) is 3.67. The zero-order chi connectivity index (χ0) is 17.5. The Morgan fingerprint density at radius 2 is 2.21 bits per heavy atom. The highest BCUT2D eigenvalue weighted by atomic mass is 35.5. The maximum absolute atomic E-state index is 13.6. The minimum Gasteiger partial charge on any atom is -0.494 e. The van der Waals surface area contributed by atoms with Crippen LogP contribution in [0.15, 0.2) is 24.5 Å². The molecule has 0 spiro atoms. The molecule has 1 N–H and O–H groups in total. The van der Waals surface area contributed by atoms with Crippen LogP contribution in [-0.2, 0) is 10.3 Å². The van der Waals surface area contributed by atoms with Crippen molar-refractivity contribution in [3.63, 3.8) is 0 Å². The molecule has 2 aromatic heterocycles. The molecule has 0 fully saturated rings. The van der Waals surface area contributed by atoms with Crippen molar-refractivity contribution in [1.29, 1.82) is 0 Å². The van der Waals surface area contributed by atoms with E-state index in [0.717, 1.165) is 0 Å². The summed E-state index contributed by atoms with van der Waals surface area (Å²) in [6.45, 7) is 3.42. The summed E-state index contributed by atoms with van der Waals surface area (Å²) in [5, 5.41) is 7.60. The summed E-state index contributed by atoms with van der Waals surface area (Å²) in [7, 11) is 1.44. The van der Waals surface area contributed by atoms with Crippen LogP contribution in [0.3, 0.4) is 0 Å². The number of methoxy groups -OCH3 is 1. The number of halogens is 2. The first-order chi connectivity index (χ1) is 11.3. The first-order valence-electron chi connectivity index (χ1n) is 6.97. The van der Waals surface area contributed by atoms with Gasteiger partial charge in [-0.15, -0.1) is 0 Å². The van der Waals surface area contributed by atoms with Gasteiger partial charge in [-0.05, 0) is 19.9 Å². The topological polar surface area (TPSA) is 69.0 Å². The zero-order valence-corrected chi connectivity index (χ0v) is 14.7. The first kappa shape index (κ1) is 16.7. The van der Waals surface area contributed by atoms with Crippen molar-refractivity contribution in [2.24, 2.45) is 0 Å². The largest absolute Gasteiger partial charge is 0.494 e. The van der Waals surface area contributed by atoms with Crippen molar-refractivity contribution < 1.29 is 13.9 Å². The molecular formula is C15H14ClFN4O2S. The zero-order valence-electron chi connectivity index (χ0n) is 13.1. The maximum Gasteiger partial charge on any atom is 0.253 e. The highest BCUT2D eigenvalue weighted by molar-refractivity contribution is 7.22. The quantitative estimate of drug-likeness (QED) is 0.762. The van der Waals surface area contributed by atoms with Crippen molar-refractivity contribution in [1.82, 2.24) is 14.8 Å². The molecule has 126 valence electrons. The Balaban J connectivity index is 1.90. The van der Waals surface area contributed by atoms with Crippen LogP contribution in [-0.4, -0.2) is 27.8 Å². The Morgan fingerprint density at radius 1 is 1.46 bits per heavy atom. The molecule has 0 aliphatic rings. The molecule has 0 bridgehead atoms. The molecule has 24 heavy (non-hydrogen) atoms. The molecule has 2 heterocycles. The van der Waals surface area contributed by atoms with E-state index in [-0.39, 0.29) is 5.91 Å². The van der Waals surface area contributed by atoms with E-state index >= 15 is 0 Å². The van der Waals surface area contributed by atoms with Gasteiger partial charge in [0, 0.05) is 12.3 Å². The summed E-state index contributed by atoms with van der Waals surface area (Å²) >= 11 is 7.03. The van der Waals surface area contributed by atoms with Crippen molar-refractivity contribution in [2.75, 3.05) is 12.4 Å². The van der Waals surface area contributed by atoms with Gasteiger partial charge in [0.2, 0.25) is 0 Å². The van der Waals surface area contributed by atoms with Gasteiger partial charge in [0.05, 0.1) is 23.0 Å². The summed E-state index contributed by atoms with van der Waals surface area (Å²) < 4.78 is 20.7. The number of fused-ring (bicyclic) bond motifs is 1. The van der Waals surface area contributed by atoms with Crippen molar-refractivity contribution in [3.05, 3.63) is 35.4 Å². The van der Waals surface area contributed by atoms with Gasteiger partial charge in [0.15, 0.2) is 5.13 Å². The second-order valence-corrected chi connectivity index (χ2v) is 7.06. The van der Waals surface area contributed by atoms with E-state index < -0.39 is 11.4 Å². The lowest BCUT2D eigenvalue weighted by Crippen LogP contribution is -2.40. The Bertz CT molecular complexity index is 921. The number of anilines is 1. The van der Waals surface area contributed by atoms with E-state index in [4.69, 9.17) is 16.3 Å². The molecule has 0 atom stereocenters. The third-order valence-electron chi connectivity index (χ3n) is 3.54. The summed E-state index contributed by atoms with van der Waals surface area (Å²) in [6, 6.07) is 2.60. The van der Waals surface area contributed by atoms with E-state index in [1.54, 1.807) is 20.0 Å². The predicted molar refractivity (Wildman–Crippen MR) is 91.3 cm³/mol. The number of hydrogen-bond acceptors (Lipinski definition) is 5. The number of benzene rings is 1. The fourth-order valence-corrected chi connectivity index (χ4v) is 3.18. The molecule has 0 aliphatic carbocycles. The van der Waals surface area contributed by atoms with Crippen LogP contribution in [0.5, 0.6) is 5.75 Å². The molecule has 6 nitrogen and oxygen atoms in total. The molecule has 1 aromatic carbocycles. The van der Waals surface area contributed by atoms with Crippen molar-refractivity contribution in [3.8, 4) is 5.75 Å². The number of carbonyl (C=O) groups is 1. The number of rotatable bonds is 4. The van der Waals surface area contributed by atoms with Gasteiger partial charge in [-0.2, -0.15) is 5.10 Å². The van der Waals surface area contributed by atoms with E-state index in [1.165, 1.54) is 41.5 Å². The van der Waals surface area contributed by atoms with Crippen LogP contribution >= 0.6 is 22.9 Å². The minimum absolute atomic E-state index is 0.319. The molecular weight excluding hydrogens is 355 g/mol. The third kappa shape index (κ3) is 2.94. The summed E-state index contributed by atoms with van der Waals surface area (Å²) in [6.07, 6.45) is 3.03. The highest BCUT2D eigenvalue weighted by Gasteiger charge is 2.31. The van der Waals surface area contributed by atoms with Crippen molar-refractivity contribution >= 4 is 44.2 Å². The fourth-order valence-electron chi connectivity index (χ4n) is 2.14. The number of thiazole rings is 1. The monoisotopic (exact) mass is 368 g/mol. The van der Waals surface area contributed by atoms with E-state index in [2.05, 4.69) is 15.4 Å². The second-order valence-electron chi connectivity index (χ2n) is 5.59. The van der Waals surface area contributed by atoms with Crippen LogP contribution in [0.25, 0.3) is 10.2 Å². The summed E-state index contributed by atoms with van der Waals surface area (Å²) in [5.74, 6) is -0.423. The number of ether oxygens (including phenoxy) is 1.